The Morgan fingerprint density at radius 3 is 2.84 bits per heavy atom. The minimum absolute atomic E-state index is 0.0755. The van der Waals surface area contributed by atoms with Gasteiger partial charge >= 0.3 is 0 Å². The van der Waals surface area contributed by atoms with Crippen molar-refractivity contribution in [2.75, 3.05) is 26.3 Å². The average Bonchev–Trinajstić information content (AvgIpc) is 2.88. The molecule has 4 nitrogen and oxygen atoms in total. The van der Waals surface area contributed by atoms with E-state index in [1.165, 1.54) is 0 Å². The fourth-order valence-corrected chi connectivity index (χ4v) is 3.18. The van der Waals surface area contributed by atoms with E-state index in [1.807, 2.05) is 24.3 Å². The number of hydrogen-bond acceptors (Lipinski definition) is 4. The molecule has 0 saturated carbocycles. The maximum Gasteiger partial charge on any atom is 0.137 e. The number of nitrogens with zero attached hydrogens (tertiary/aromatic N) is 1. The Labute approximate surface area is 157 Å². The second kappa shape index (κ2) is 8.55. The molecule has 2 atom stereocenters. The molecule has 1 heterocycles. The van der Waals surface area contributed by atoms with Gasteiger partial charge in [0.05, 0.1) is 34.9 Å². The van der Waals surface area contributed by atoms with E-state index in [-0.39, 0.29) is 12.0 Å². The number of nitriles is 1. The predicted molar refractivity (Wildman–Crippen MR) is 98.2 cm³/mol. The molecule has 0 amide bonds. The summed E-state index contributed by atoms with van der Waals surface area (Å²) in [7, 11) is 0. The molecule has 0 spiro atoms. The number of rotatable bonds is 4. The zero-order valence-corrected chi connectivity index (χ0v) is 15.1. The summed E-state index contributed by atoms with van der Waals surface area (Å²) < 4.78 is 12.0. The van der Waals surface area contributed by atoms with Crippen LogP contribution >= 0.6 is 23.2 Å². The van der Waals surface area contributed by atoms with Gasteiger partial charge in [0, 0.05) is 19.0 Å². The van der Waals surface area contributed by atoms with Crippen LogP contribution in [0.4, 0.5) is 0 Å². The molecular formula is C19H18Cl2N2O2. The van der Waals surface area contributed by atoms with E-state index < -0.39 is 0 Å². The fourth-order valence-electron chi connectivity index (χ4n) is 2.87. The van der Waals surface area contributed by atoms with Gasteiger partial charge in [0.2, 0.25) is 0 Å². The summed E-state index contributed by atoms with van der Waals surface area (Å²) in [4.78, 5) is 0. The van der Waals surface area contributed by atoms with Crippen LogP contribution in [0.3, 0.4) is 0 Å². The van der Waals surface area contributed by atoms with Crippen LogP contribution in [0, 0.1) is 17.2 Å². The molecule has 2 unspecified atom stereocenters. The Balaban J connectivity index is 1.78. The highest BCUT2D eigenvalue weighted by molar-refractivity contribution is 6.42. The SMILES string of the molecule is N#Cc1ccccc1OCC1CNCCOC1c1ccc(Cl)c(Cl)c1. The third kappa shape index (κ3) is 4.45. The van der Waals surface area contributed by atoms with Gasteiger partial charge in [-0.3, -0.25) is 0 Å². The highest BCUT2D eigenvalue weighted by atomic mass is 35.5. The van der Waals surface area contributed by atoms with Crippen LogP contribution in [-0.4, -0.2) is 26.3 Å². The summed E-state index contributed by atoms with van der Waals surface area (Å²) in [6.45, 7) is 2.57. The lowest BCUT2D eigenvalue weighted by atomic mass is 9.96. The summed E-state index contributed by atoms with van der Waals surface area (Å²) >= 11 is 12.2. The first kappa shape index (κ1) is 18.0. The Morgan fingerprint density at radius 2 is 2.04 bits per heavy atom. The van der Waals surface area contributed by atoms with Crippen molar-refractivity contribution >= 4 is 23.2 Å². The largest absolute Gasteiger partial charge is 0.492 e. The number of para-hydroxylation sites is 1. The summed E-state index contributed by atoms with van der Waals surface area (Å²) in [6, 6.07) is 14.9. The molecule has 2 aromatic rings. The summed E-state index contributed by atoms with van der Waals surface area (Å²) in [6.07, 6.45) is -0.154. The van der Waals surface area contributed by atoms with Crippen LogP contribution < -0.4 is 10.1 Å². The minimum Gasteiger partial charge on any atom is -0.492 e. The van der Waals surface area contributed by atoms with Crippen molar-refractivity contribution in [3.63, 3.8) is 0 Å². The topological polar surface area (TPSA) is 54.3 Å². The van der Waals surface area contributed by atoms with Crippen molar-refractivity contribution < 1.29 is 9.47 Å². The van der Waals surface area contributed by atoms with Crippen molar-refractivity contribution in [3.8, 4) is 11.8 Å². The van der Waals surface area contributed by atoms with E-state index in [0.29, 0.717) is 34.6 Å². The Kier molecular flexibility index (Phi) is 6.17. The Bertz CT molecular complexity index is 776. The zero-order chi connectivity index (χ0) is 17.6. The van der Waals surface area contributed by atoms with Crippen molar-refractivity contribution in [1.82, 2.24) is 5.32 Å². The van der Waals surface area contributed by atoms with Gasteiger partial charge in [-0.1, -0.05) is 41.4 Å². The number of hydrogen-bond donors (Lipinski definition) is 1. The molecule has 1 aliphatic rings. The molecule has 3 rings (SSSR count). The highest BCUT2D eigenvalue weighted by Crippen LogP contribution is 2.32. The lowest BCUT2D eigenvalue weighted by molar-refractivity contribution is 0.0153. The highest BCUT2D eigenvalue weighted by Gasteiger charge is 2.27. The Hall–Kier alpha value is -1.77. The van der Waals surface area contributed by atoms with Crippen LogP contribution in [0.2, 0.25) is 10.0 Å². The first-order chi connectivity index (χ1) is 12.2. The molecule has 2 aromatic carbocycles. The molecule has 1 fully saturated rings. The molecule has 6 heteroatoms. The lowest BCUT2D eigenvalue weighted by Crippen LogP contribution is -2.29. The molecule has 0 bridgehead atoms. The average molecular weight is 377 g/mol. The number of nitrogens with one attached hydrogen (secondary N) is 1. The number of ether oxygens (including phenoxy) is 2. The van der Waals surface area contributed by atoms with Crippen LogP contribution in [0.1, 0.15) is 17.2 Å². The molecule has 130 valence electrons. The first-order valence-corrected chi connectivity index (χ1v) is 8.84. The van der Waals surface area contributed by atoms with E-state index in [0.717, 1.165) is 18.7 Å². The van der Waals surface area contributed by atoms with Crippen molar-refractivity contribution in [3.05, 3.63) is 63.6 Å². The van der Waals surface area contributed by atoms with E-state index in [4.69, 9.17) is 32.7 Å². The maximum absolute atomic E-state index is 9.19. The second-order valence-corrected chi connectivity index (χ2v) is 6.66. The molecule has 1 aliphatic heterocycles. The van der Waals surface area contributed by atoms with Gasteiger partial charge in [-0.05, 0) is 29.8 Å². The van der Waals surface area contributed by atoms with Gasteiger partial charge in [-0.15, -0.1) is 0 Å². The quantitative estimate of drug-likeness (QED) is 0.867. The zero-order valence-electron chi connectivity index (χ0n) is 13.5. The molecular weight excluding hydrogens is 359 g/mol. The van der Waals surface area contributed by atoms with Crippen LogP contribution in [0.25, 0.3) is 0 Å². The van der Waals surface area contributed by atoms with Gasteiger partial charge in [-0.25, -0.2) is 0 Å². The van der Waals surface area contributed by atoms with Crippen molar-refractivity contribution in [1.29, 1.82) is 5.26 Å². The molecule has 0 aromatic heterocycles. The molecule has 0 aliphatic carbocycles. The fraction of sp³-hybridized carbons (Fsp3) is 0.316. The smallest absolute Gasteiger partial charge is 0.137 e. The van der Waals surface area contributed by atoms with Gasteiger partial charge in [-0.2, -0.15) is 5.26 Å². The van der Waals surface area contributed by atoms with Gasteiger partial charge in [0.15, 0.2) is 0 Å². The second-order valence-electron chi connectivity index (χ2n) is 5.85. The number of benzene rings is 2. The standard InChI is InChI=1S/C19H18Cl2N2O2/c20-16-6-5-13(9-17(16)21)19-15(11-23-7-8-24-19)12-25-18-4-2-1-3-14(18)10-22/h1-6,9,15,19,23H,7-8,11-12H2. The van der Waals surface area contributed by atoms with Crippen LogP contribution in [0.15, 0.2) is 42.5 Å². The Morgan fingerprint density at radius 1 is 1.20 bits per heavy atom. The van der Waals surface area contributed by atoms with Crippen LogP contribution in [0.5, 0.6) is 5.75 Å². The van der Waals surface area contributed by atoms with E-state index >= 15 is 0 Å². The van der Waals surface area contributed by atoms with Gasteiger partial charge < -0.3 is 14.8 Å². The van der Waals surface area contributed by atoms with E-state index in [9.17, 15) is 5.26 Å². The summed E-state index contributed by atoms with van der Waals surface area (Å²) in [5.74, 6) is 0.661. The predicted octanol–water partition coefficient (Wildman–Crippen LogP) is 4.22. The monoisotopic (exact) mass is 376 g/mol. The van der Waals surface area contributed by atoms with Gasteiger partial charge in [0.25, 0.3) is 0 Å². The third-order valence-electron chi connectivity index (χ3n) is 4.14. The molecule has 1 N–H and O–H groups in total. The van der Waals surface area contributed by atoms with E-state index in [1.54, 1.807) is 18.2 Å². The normalized spacial score (nSPS) is 20.5. The van der Waals surface area contributed by atoms with Crippen molar-refractivity contribution in [2.45, 2.75) is 6.10 Å². The molecule has 1 saturated heterocycles. The van der Waals surface area contributed by atoms with Gasteiger partial charge in [0.1, 0.15) is 11.8 Å². The minimum atomic E-state index is -0.154. The van der Waals surface area contributed by atoms with Crippen LogP contribution in [-0.2, 0) is 4.74 Å². The summed E-state index contributed by atoms with van der Waals surface area (Å²) in [5.41, 5.74) is 1.50. The molecule has 0 radical (unpaired) electrons. The third-order valence-corrected chi connectivity index (χ3v) is 4.88. The van der Waals surface area contributed by atoms with E-state index in [2.05, 4.69) is 11.4 Å². The first-order valence-electron chi connectivity index (χ1n) is 8.08. The van der Waals surface area contributed by atoms with Crippen molar-refractivity contribution in [2.24, 2.45) is 5.92 Å². The molecule has 25 heavy (non-hydrogen) atoms. The maximum atomic E-state index is 9.19. The lowest BCUT2D eigenvalue weighted by Gasteiger charge is -2.25. The summed E-state index contributed by atoms with van der Waals surface area (Å²) in [5, 5.41) is 13.6. The number of halogens is 2.